The summed E-state index contributed by atoms with van der Waals surface area (Å²) in [5.41, 5.74) is 9.44. The summed E-state index contributed by atoms with van der Waals surface area (Å²) in [5, 5.41) is 5.46. The van der Waals surface area contributed by atoms with Gasteiger partial charge in [-0.2, -0.15) is 0 Å². The third-order valence-corrected chi connectivity index (χ3v) is 6.98. The molecule has 5 nitrogen and oxygen atoms in total. The van der Waals surface area contributed by atoms with Crippen molar-refractivity contribution in [2.75, 3.05) is 12.3 Å². The molecule has 5 rings (SSSR count). The van der Waals surface area contributed by atoms with Crippen molar-refractivity contribution in [2.45, 2.75) is 31.7 Å². The summed E-state index contributed by atoms with van der Waals surface area (Å²) in [4.78, 5) is 10.8. The summed E-state index contributed by atoms with van der Waals surface area (Å²) >= 11 is 14.5. The number of benzene rings is 1. The Morgan fingerprint density at radius 2 is 2.07 bits per heavy atom. The van der Waals surface area contributed by atoms with Crippen LogP contribution in [0.15, 0.2) is 18.7 Å². The first-order chi connectivity index (χ1) is 13.5. The second kappa shape index (κ2) is 6.79. The minimum Gasteiger partial charge on any atom is -0.491 e. The van der Waals surface area contributed by atoms with Crippen LogP contribution in [-0.4, -0.2) is 22.6 Å². The molecule has 3 aromatic rings. The Morgan fingerprint density at radius 1 is 1.25 bits per heavy atom. The van der Waals surface area contributed by atoms with Crippen molar-refractivity contribution in [3.63, 3.8) is 0 Å². The van der Waals surface area contributed by atoms with Crippen LogP contribution in [0.3, 0.4) is 0 Å². The van der Waals surface area contributed by atoms with E-state index in [-0.39, 0.29) is 5.95 Å². The van der Waals surface area contributed by atoms with Crippen LogP contribution in [0.2, 0.25) is 10.0 Å². The summed E-state index contributed by atoms with van der Waals surface area (Å²) in [6.45, 7) is 4.78. The summed E-state index contributed by atoms with van der Waals surface area (Å²) < 4.78 is 5.71. The van der Waals surface area contributed by atoms with Crippen LogP contribution in [0, 0.1) is 0 Å². The highest BCUT2D eigenvalue weighted by atomic mass is 35.5. The number of rotatable bonds is 4. The van der Waals surface area contributed by atoms with Crippen LogP contribution in [-0.2, 0) is 6.42 Å². The van der Waals surface area contributed by atoms with E-state index in [4.69, 9.17) is 33.7 Å². The highest BCUT2D eigenvalue weighted by Gasteiger charge is 2.26. The summed E-state index contributed by atoms with van der Waals surface area (Å²) in [6, 6.07) is 4.28. The van der Waals surface area contributed by atoms with Crippen LogP contribution < -0.4 is 15.8 Å². The molecule has 0 atom stereocenters. The molecule has 144 valence electrons. The van der Waals surface area contributed by atoms with Gasteiger partial charge in [-0.1, -0.05) is 29.8 Å². The molecular weight excluding hydrogens is 415 g/mol. The smallest absolute Gasteiger partial charge is 0.221 e. The summed E-state index contributed by atoms with van der Waals surface area (Å²) in [5.74, 6) is 0.894. The predicted molar refractivity (Wildman–Crippen MR) is 116 cm³/mol. The highest BCUT2D eigenvalue weighted by Crippen LogP contribution is 2.46. The van der Waals surface area contributed by atoms with Gasteiger partial charge in [0.05, 0.1) is 27.2 Å². The zero-order valence-electron chi connectivity index (χ0n) is 15.0. The molecule has 3 heterocycles. The molecule has 28 heavy (non-hydrogen) atoms. The van der Waals surface area contributed by atoms with Crippen LogP contribution >= 0.6 is 34.5 Å². The first kappa shape index (κ1) is 18.0. The van der Waals surface area contributed by atoms with Gasteiger partial charge < -0.3 is 15.8 Å². The standard InChI is InChI=1S/C20H18Cl2N4OS/c1-9(24-10-3-2-4-10)15-7-12-17(25-20(23)26-19(12)28-15)16-11-5-6-27-18(11)14(22)8-13(16)21/h7-8,10,24H,1-6H2,(H2,23,25,26). The van der Waals surface area contributed by atoms with E-state index in [2.05, 4.69) is 27.9 Å². The Kier molecular flexibility index (Phi) is 4.38. The monoisotopic (exact) mass is 432 g/mol. The van der Waals surface area contributed by atoms with E-state index < -0.39 is 0 Å². The zero-order valence-corrected chi connectivity index (χ0v) is 17.3. The average Bonchev–Trinajstić information content (AvgIpc) is 3.24. The molecule has 1 fully saturated rings. The Balaban J connectivity index is 1.66. The van der Waals surface area contributed by atoms with Gasteiger partial charge in [0.1, 0.15) is 10.6 Å². The number of nitrogens with one attached hydrogen (secondary N) is 1. The average molecular weight is 433 g/mol. The van der Waals surface area contributed by atoms with Gasteiger partial charge in [0, 0.05) is 34.7 Å². The molecule has 0 radical (unpaired) electrons. The minimum absolute atomic E-state index is 0.215. The van der Waals surface area contributed by atoms with Gasteiger partial charge >= 0.3 is 0 Å². The number of nitrogens with two attached hydrogens (primary N) is 1. The van der Waals surface area contributed by atoms with Gasteiger partial charge in [0.25, 0.3) is 0 Å². The topological polar surface area (TPSA) is 73.1 Å². The molecule has 1 aliphatic heterocycles. The molecule has 0 amide bonds. The van der Waals surface area contributed by atoms with Crippen LogP contribution in [0.25, 0.3) is 27.2 Å². The van der Waals surface area contributed by atoms with Crippen molar-refractivity contribution < 1.29 is 4.74 Å². The normalized spacial score (nSPS) is 15.9. The molecule has 0 bridgehead atoms. The lowest BCUT2D eigenvalue weighted by molar-refractivity contribution is 0.357. The van der Waals surface area contributed by atoms with E-state index in [1.54, 1.807) is 17.4 Å². The second-order valence-electron chi connectivity index (χ2n) is 7.13. The largest absolute Gasteiger partial charge is 0.491 e. The van der Waals surface area contributed by atoms with Crippen molar-refractivity contribution in [1.29, 1.82) is 0 Å². The fourth-order valence-corrected chi connectivity index (χ4v) is 5.32. The molecule has 8 heteroatoms. The SMILES string of the molecule is C=C(NC1CCC1)c1cc2c(-c3c(Cl)cc(Cl)c4c3CCO4)nc(N)nc2s1. The molecular formula is C20H18Cl2N4OS. The molecule has 2 aromatic heterocycles. The number of halogens is 2. The van der Waals surface area contributed by atoms with Gasteiger partial charge in [-0.25, -0.2) is 9.97 Å². The number of anilines is 1. The van der Waals surface area contributed by atoms with E-state index in [0.717, 1.165) is 38.3 Å². The van der Waals surface area contributed by atoms with Crippen LogP contribution in [0.4, 0.5) is 5.95 Å². The van der Waals surface area contributed by atoms with Crippen LogP contribution in [0.1, 0.15) is 29.7 Å². The van der Waals surface area contributed by atoms with Gasteiger partial charge in [-0.05, 0) is 31.4 Å². The number of ether oxygens (including phenoxy) is 1. The number of nitrogen functional groups attached to an aromatic ring is 1. The molecule has 1 aromatic carbocycles. The number of nitrogens with zero attached hydrogens (tertiary/aromatic N) is 2. The van der Waals surface area contributed by atoms with Crippen molar-refractivity contribution in [3.8, 4) is 17.0 Å². The lowest BCUT2D eigenvalue weighted by Gasteiger charge is -2.28. The third-order valence-electron chi connectivity index (χ3n) is 5.31. The predicted octanol–water partition coefficient (Wildman–Crippen LogP) is 5.30. The van der Waals surface area contributed by atoms with E-state index >= 15 is 0 Å². The Labute approximate surface area is 176 Å². The molecule has 1 saturated carbocycles. The van der Waals surface area contributed by atoms with E-state index in [1.165, 1.54) is 19.3 Å². The van der Waals surface area contributed by atoms with Gasteiger partial charge in [-0.15, -0.1) is 11.3 Å². The quantitative estimate of drug-likeness (QED) is 0.585. The minimum atomic E-state index is 0.215. The fraction of sp³-hybridized carbons (Fsp3) is 0.300. The maximum absolute atomic E-state index is 6.60. The maximum Gasteiger partial charge on any atom is 0.221 e. The number of hydrogen-bond acceptors (Lipinski definition) is 6. The van der Waals surface area contributed by atoms with Crippen molar-refractivity contribution in [2.24, 2.45) is 0 Å². The molecule has 0 unspecified atom stereocenters. The third kappa shape index (κ3) is 2.91. The number of fused-ring (bicyclic) bond motifs is 2. The van der Waals surface area contributed by atoms with Crippen molar-refractivity contribution in [3.05, 3.63) is 39.2 Å². The Morgan fingerprint density at radius 3 is 2.82 bits per heavy atom. The van der Waals surface area contributed by atoms with E-state index in [0.29, 0.717) is 34.1 Å². The number of thiophene rings is 1. The Hall–Kier alpha value is -2.02. The maximum atomic E-state index is 6.60. The molecule has 0 spiro atoms. The first-order valence-electron chi connectivity index (χ1n) is 9.18. The zero-order chi connectivity index (χ0) is 19.4. The van der Waals surface area contributed by atoms with E-state index in [1.807, 2.05) is 0 Å². The summed E-state index contributed by atoms with van der Waals surface area (Å²) in [6.07, 6.45) is 4.37. The molecule has 2 aliphatic rings. The van der Waals surface area contributed by atoms with Crippen LogP contribution in [0.5, 0.6) is 5.75 Å². The van der Waals surface area contributed by atoms with E-state index in [9.17, 15) is 0 Å². The molecule has 0 saturated heterocycles. The highest BCUT2D eigenvalue weighted by molar-refractivity contribution is 7.19. The lowest BCUT2D eigenvalue weighted by Crippen LogP contribution is -2.33. The van der Waals surface area contributed by atoms with Crippen molar-refractivity contribution >= 4 is 56.4 Å². The summed E-state index contributed by atoms with van der Waals surface area (Å²) in [7, 11) is 0. The number of hydrogen-bond donors (Lipinski definition) is 2. The molecule has 1 aliphatic carbocycles. The van der Waals surface area contributed by atoms with Crippen molar-refractivity contribution in [1.82, 2.24) is 15.3 Å². The number of aromatic nitrogens is 2. The molecule has 3 N–H and O–H groups in total. The fourth-order valence-electron chi connectivity index (χ4n) is 3.70. The van der Waals surface area contributed by atoms with Gasteiger partial charge in [0.2, 0.25) is 5.95 Å². The first-order valence-corrected chi connectivity index (χ1v) is 10.8. The second-order valence-corrected chi connectivity index (χ2v) is 8.98. The lowest BCUT2D eigenvalue weighted by atomic mass is 9.93. The van der Waals surface area contributed by atoms with Gasteiger partial charge in [-0.3, -0.25) is 0 Å². The van der Waals surface area contributed by atoms with Gasteiger partial charge in [0.15, 0.2) is 0 Å². The Bertz CT molecular complexity index is 1120.